The third-order valence-corrected chi connectivity index (χ3v) is 1.98. The van der Waals surface area contributed by atoms with Crippen molar-refractivity contribution < 1.29 is 5.11 Å². The molecule has 0 aromatic carbocycles. The van der Waals surface area contributed by atoms with Crippen LogP contribution < -0.4 is 5.32 Å². The first kappa shape index (κ1) is 11.9. The van der Waals surface area contributed by atoms with Crippen molar-refractivity contribution in [2.45, 2.75) is 26.3 Å². The van der Waals surface area contributed by atoms with Gasteiger partial charge in [-0.3, -0.25) is 4.90 Å². The second-order valence-electron chi connectivity index (χ2n) is 3.31. The highest BCUT2D eigenvalue weighted by molar-refractivity contribution is 4.63. The van der Waals surface area contributed by atoms with Crippen LogP contribution in [0.25, 0.3) is 0 Å². The van der Waals surface area contributed by atoms with E-state index in [0.29, 0.717) is 12.6 Å². The third kappa shape index (κ3) is 5.52. The van der Waals surface area contributed by atoms with E-state index in [0.717, 1.165) is 26.1 Å². The molecule has 0 heterocycles. The van der Waals surface area contributed by atoms with Gasteiger partial charge in [-0.2, -0.15) is 0 Å². The quantitative estimate of drug-likeness (QED) is 0.582. The first-order chi connectivity index (χ1) is 5.72. The van der Waals surface area contributed by atoms with E-state index in [1.54, 1.807) is 0 Å². The topological polar surface area (TPSA) is 35.5 Å². The number of hydrogen-bond donors (Lipinski definition) is 2. The van der Waals surface area contributed by atoms with E-state index < -0.39 is 0 Å². The summed E-state index contributed by atoms with van der Waals surface area (Å²) in [5.41, 5.74) is 0. The number of rotatable bonds is 7. The van der Waals surface area contributed by atoms with E-state index in [4.69, 9.17) is 5.11 Å². The van der Waals surface area contributed by atoms with Gasteiger partial charge in [0, 0.05) is 32.3 Å². The largest absolute Gasteiger partial charge is 0.396 e. The van der Waals surface area contributed by atoms with Crippen LogP contribution in [0.2, 0.25) is 0 Å². The van der Waals surface area contributed by atoms with E-state index in [2.05, 4.69) is 24.1 Å². The fourth-order valence-corrected chi connectivity index (χ4v) is 1.16. The zero-order chi connectivity index (χ0) is 9.40. The minimum absolute atomic E-state index is 0.294. The van der Waals surface area contributed by atoms with Gasteiger partial charge in [0.2, 0.25) is 0 Å². The van der Waals surface area contributed by atoms with Gasteiger partial charge in [-0.25, -0.2) is 0 Å². The molecule has 3 nitrogen and oxygen atoms in total. The molecule has 0 aliphatic rings. The fourth-order valence-electron chi connectivity index (χ4n) is 1.16. The second-order valence-corrected chi connectivity index (χ2v) is 3.31. The molecular formula is C9H22N2O. The van der Waals surface area contributed by atoms with E-state index >= 15 is 0 Å². The van der Waals surface area contributed by atoms with Crippen molar-refractivity contribution in [3.05, 3.63) is 0 Å². The Hall–Kier alpha value is -0.120. The number of aliphatic hydroxyl groups excluding tert-OH is 1. The fraction of sp³-hybridized carbons (Fsp3) is 1.00. The average molecular weight is 174 g/mol. The Morgan fingerprint density at radius 3 is 2.42 bits per heavy atom. The van der Waals surface area contributed by atoms with Crippen molar-refractivity contribution in [1.29, 1.82) is 0 Å². The van der Waals surface area contributed by atoms with Crippen molar-refractivity contribution in [2.75, 3.05) is 33.3 Å². The number of aliphatic hydroxyl groups is 1. The predicted molar refractivity (Wildman–Crippen MR) is 52.3 cm³/mol. The molecule has 0 rings (SSSR count). The minimum Gasteiger partial charge on any atom is -0.396 e. The van der Waals surface area contributed by atoms with Crippen molar-refractivity contribution in [2.24, 2.45) is 0 Å². The summed E-state index contributed by atoms with van der Waals surface area (Å²) >= 11 is 0. The Morgan fingerprint density at radius 2 is 2.00 bits per heavy atom. The van der Waals surface area contributed by atoms with Gasteiger partial charge in [0.15, 0.2) is 0 Å². The van der Waals surface area contributed by atoms with E-state index in [1.165, 1.54) is 0 Å². The molecule has 74 valence electrons. The van der Waals surface area contributed by atoms with Crippen LogP contribution in [0.5, 0.6) is 0 Å². The van der Waals surface area contributed by atoms with Gasteiger partial charge in [0.25, 0.3) is 0 Å². The summed E-state index contributed by atoms with van der Waals surface area (Å²) in [4.78, 5) is 2.37. The summed E-state index contributed by atoms with van der Waals surface area (Å²) < 4.78 is 0. The lowest BCUT2D eigenvalue weighted by Crippen LogP contribution is -2.37. The van der Waals surface area contributed by atoms with Crippen molar-refractivity contribution in [3.63, 3.8) is 0 Å². The molecule has 0 aromatic heterocycles. The van der Waals surface area contributed by atoms with E-state index in [-0.39, 0.29) is 0 Å². The van der Waals surface area contributed by atoms with E-state index in [9.17, 15) is 0 Å². The molecule has 0 bridgehead atoms. The lowest BCUT2D eigenvalue weighted by atomic mass is 10.3. The maximum absolute atomic E-state index is 8.68. The highest BCUT2D eigenvalue weighted by Crippen LogP contribution is 1.97. The zero-order valence-electron chi connectivity index (χ0n) is 8.51. The number of nitrogens with one attached hydrogen (secondary N) is 1. The molecule has 2 N–H and O–H groups in total. The lowest BCUT2D eigenvalue weighted by molar-refractivity contribution is 0.193. The second kappa shape index (κ2) is 7.53. The molecule has 0 atom stereocenters. The van der Waals surface area contributed by atoms with E-state index in [1.807, 2.05) is 7.05 Å². The maximum Gasteiger partial charge on any atom is 0.0443 e. The molecule has 12 heavy (non-hydrogen) atoms. The smallest absolute Gasteiger partial charge is 0.0443 e. The first-order valence-corrected chi connectivity index (χ1v) is 4.72. The molecule has 0 radical (unpaired) electrons. The molecule has 3 heteroatoms. The first-order valence-electron chi connectivity index (χ1n) is 4.72. The monoisotopic (exact) mass is 174 g/mol. The molecule has 0 amide bonds. The van der Waals surface area contributed by atoms with Gasteiger partial charge in [0.1, 0.15) is 0 Å². The summed E-state index contributed by atoms with van der Waals surface area (Å²) in [5, 5.41) is 11.8. The Morgan fingerprint density at radius 1 is 1.33 bits per heavy atom. The summed E-state index contributed by atoms with van der Waals surface area (Å²) in [7, 11) is 1.96. The van der Waals surface area contributed by atoms with Gasteiger partial charge >= 0.3 is 0 Å². The Labute approximate surface area is 75.8 Å². The standard InChI is InChI=1S/C9H22N2O/c1-9(2)11(6-4-8-12)7-5-10-3/h9-10,12H,4-8H2,1-3H3. The van der Waals surface area contributed by atoms with Crippen molar-refractivity contribution >= 4 is 0 Å². The highest BCUT2D eigenvalue weighted by atomic mass is 16.3. The number of hydrogen-bond acceptors (Lipinski definition) is 3. The van der Waals surface area contributed by atoms with Crippen molar-refractivity contribution in [3.8, 4) is 0 Å². The number of likely N-dealkylation sites (N-methyl/N-ethyl adjacent to an activating group) is 1. The SMILES string of the molecule is CNCCN(CCCO)C(C)C. The molecule has 0 spiro atoms. The average Bonchev–Trinajstić information content (AvgIpc) is 2.04. The summed E-state index contributed by atoms with van der Waals surface area (Å²) in [6.07, 6.45) is 0.877. The highest BCUT2D eigenvalue weighted by Gasteiger charge is 2.06. The van der Waals surface area contributed by atoms with Crippen LogP contribution >= 0.6 is 0 Å². The Balaban J connectivity index is 3.55. The minimum atomic E-state index is 0.294. The third-order valence-electron chi connectivity index (χ3n) is 1.98. The lowest BCUT2D eigenvalue weighted by Gasteiger charge is -2.25. The summed E-state index contributed by atoms with van der Waals surface area (Å²) in [6, 6.07) is 0.574. The predicted octanol–water partition coefficient (Wildman–Crippen LogP) is 0.299. The molecule has 0 fully saturated rings. The van der Waals surface area contributed by atoms with Crippen LogP contribution in [0.4, 0.5) is 0 Å². The normalized spacial score (nSPS) is 11.5. The molecule has 0 saturated heterocycles. The Bertz CT molecular complexity index is 88.5. The number of nitrogens with zero attached hydrogens (tertiary/aromatic N) is 1. The molecule has 0 aliphatic carbocycles. The van der Waals surface area contributed by atoms with Crippen LogP contribution in [0, 0.1) is 0 Å². The molecule has 0 unspecified atom stereocenters. The van der Waals surface area contributed by atoms with Crippen LogP contribution in [0.15, 0.2) is 0 Å². The molecular weight excluding hydrogens is 152 g/mol. The van der Waals surface area contributed by atoms with Crippen LogP contribution in [0.1, 0.15) is 20.3 Å². The van der Waals surface area contributed by atoms with Crippen LogP contribution in [-0.4, -0.2) is 49.3 Å². The van der Waals surface area contributed by atoms with Crippen molar-refractivity contribution in [1.82, 2.24) is 10.2 Å². The molecule has 0 saturated carbocycles. The summed E-state index contributed by atoms with van der Waals surface area (Å²) in [6.45, 7) is 7.75. The van der Waals surface area contributed by atoms with Gasteiger partial charge in [0.05, 0.1) is 0 Å². The molecule has 0 aromatic rings. The van der Waals surface area contributed by atoms with Gasteiger partial charge < -0.3 is 10.4 Å². The van der Waals surface area contributed by atoms with Gasteiger partial charge in [-0.05, 0) is 27.3 Å². The van der Waals surface area contributed by atoms with Gasteiger partial charge in [-0.1, -0.05) is 0 Å². The van der Waals surface area contributed by atoms with Crippen LogP contribution in [-0.2, 0) is 0 Å². The maximum atomic E-state index is 8.68. The Kier molecular flexibility index (Phi) is 7.45. The van der Waals surface area contributed by atoms with Gasteiger partial charge in [-0.15, -0.1) is 0 Å². The molecule has 0 aliphatic heterocycles. The summed E-state index contributed by atoms with van der Waals surface area (Å²) in [5.74, 6) is 0. The zero-order valence-corrected chi connectivity index (χ0v) is 8.51. The van der Waals surface area contributed by atoms with Crippen LogP contribution in [0.3, 0.4) is 0 Å².